The number of thiazole rings is 1. The predicted molar refractivity (Wildman–Crippen MR) is 215 cm³/mol. The van der Waals surface area contributed by atoms with Gasteiger partial charge < -0.3 is 19.1 Å². The average molecular weight is 762 g/mol. The fourth-order valence-corrected chi connectivity index (χ4v) is 8.20. The van der Waals surface area contributed by atoms with E-state index in [4.69, 9.17) is 19.2 Å². The van der Waals surface area contributed by atoms with E-state index in [0.717, 1.165) is 64.2 Å². The number of nitrogens with zero attached hydrogens (tertiary/aromatic N) is 4. The molecule has 0 radical (unpaired) electrons. The van der Waals surface area contributed by atoms with Gasteiger partial charge in [-0.1, -0.05) is 47.7 Å². The van der Waals surface area contributed by atoms with Gasteiger partial charge in [-0.05, 0) is 118 Å². The Bertz CT molecular complexity index is 2200. The number of esters is 2. The fourth-order valence-electron chi connectivity index (χ4n) is 7.34. The van der Waals surface area contributed by atoms with Gasteiger partial charge in [0.2, 0.25) is 0 Å². The number of hydrogen-bond donors (Lipinski definition) is 1. The molecular formula is C43H47N5O6S. The van der Waals surface area contributed by atoms with Crippen LogP contribution in [0.4, 0.5) is 10.9 Å². The number of ether oxygens (including phenoxy) is 3. The van der Waals surface area contributed by atoms with Crippen LogP contribution in [0, 0.1) is 12.8 Å². The minimum Gasteiger partial charge on any atom is -0.493 e. The Labute approximate surface area is 325 Å². The van der Waals surface area contributed by atoms with E-state index in [1.54, 1.807) is 0 Å². The number of likely N-dealkylation sites (tertiary alicyclic amines) is 1. The smallest absolute Gasteiger partial charge is 0.358 e. The summed E-state index contributed by atoms with van der Waals surface area (Å²) in [5.41, 5.74) is 5.34. The second kappa shape index (κ2) is 16.2. The number of rotatable bonds is 11. The molecule has 55 heavy (non-hydrogen) atoms. The predicted octanol–water partition coefficient (Wildman–Crippen LogP) is 7.70. The van der Waals surface area contributed by atoms with Crippen LogP contribution in [0.1, 0.15) is 71.1 Å². The van der Waals surface area contributed by atoms with Crippen molar-refractivity contribution >= 4 is 50.3 Å². The molecule has 286 valence electrons. The molecule has 12 heteroatoms. The van der Waals surface area contributed by atoms with Gasteiger partial charge in [0.05, 0.1) is 30.5 Å². The number of benzene rings is 3. The van der Waals surface area contributed by atoms with Gasteiger partial charge in [-0.25, -0.2) is 14.8 Å². The molecule has 1 saturated heterocycles. The molecule has 0 bridgehead atoms. The summed E-state index contributed by atoms with van der Waals surface area (Å²) in [6, 6.07) is 23.4. The highest BCUT2D eigenvalue weighted by Crippen LogP contribution is 2.36. The molecular weight excluding hydrogens is 715 g/mol. The van der Waals surface area contributed by atoms with Crippen molar-refractivity contribution < 1.29 is 28.6 Å². The van der Waals surface area contributed by atoms with Crippen molar-refractivity contribution in [2.24, 2.45) is 5.92 Å². The number of pyridine rings is 1. The fraction of sp³-hybridized carbons (Fsp3) is 0.372. The van der Waals surface area contributed by atoms with Crippen LogP contribution in [-0.2, 0) is 27.2 Å². The van der Waals surface area contributed by atoms with Gasteiger partial charge in [-0.2, -0.15) is 0 Å². The molecule has 7 rings (SSSR count). The number of carbonyl (C=O) groups excluding carboxylic acids is 3. The number of aromatic nitrogens is 2. The largest absolute Gasteiger partial charge is 0.493 e. The van der Waals surface area contributed by atoms with Gasteiger partial charge in [0, 0.05) is 30.8 Å². The molecule has 0 aliphatic carbocycles. The molecule has 0 spiro atoms. The SMILES string of the molecule is COC(=O)CN1CC[C@H](CCOc2cccc(-c3ccc(N4CCc5cccc(C(=O)Nc6nc7ccccc7s6)c5C4)nc3C(=O)OC(C)(C)C)c2C)C1. The van der Waals surface area contributed by atoms with E-state index >= 15 is 0 Å². The molecule has 1 fully saturated rings. The van der Waals surface area contributed by atoms with Gasteiger partial charge in [-0.3, -0.25) is 19.8 Å². The molecule has 2 aliphatic heterocycles. The lowest BCUT2D eigenvalue weighted by Crippen LogP contribution is -2.33. The normalized spacial score (nSPS) is 15.8. The van der Waals surface area contributed by atoms with Crippen LogP contribution >= 0.6 is 11.3 Å². The standard InChI is InChI=1S/C43H47N5O6S/c1-27-30(11-9-14-35(27)53-23-20-28-18-21-47(24-28)26-38(49)52-5)31-16-17-37(45-39(31)41(51)54-43(2,3)4)48-22-19-29-10-8-12-32(33(29)25-48)40(50)46-42-44-34-13-6-7-15-36(34)55-42/h6-17,28H,18-26H2,1-5H3,(H,44,46,50)/t28-/m1/s1. The summed E-state index contributed by atoms with van der Waals surface area (Å²) in [5.74, 6) is 0.867. The summed E-state index contributed by atoms with van der Waals surface area (Å²) in [6.45, 7) is 11.2. The van der Waals surface area contributed by atoms with Crippen molar-refractivity contribution in [1.82, 2.24) is 14.9 Å². The Hall–Kier alpha value is -5.33. The number of nitrogens with one attached hydrogen (secondary N) is 1. The van der Waals surface area contributed by atoms with Crippen molar-refractivity contribution in [3.05, 3.63) is 101 Å². The van der Waals surface area contributed by atoms with Crippen LogP contribution in [-0.4, -0.2) is 78.2 Å². The molecule has 5 aromatic rings. The van der Waals surface area contributed by atoms with Gasteiger partial charge in [0.25, 0.3) is 5.91 Å². The van der Waals surface area contributed by atoms with Crippen LogP contribution in [0.5, 0.6) is 5.75 Å². The number of fused-ring (bicyclic) bond motifs is 2. The first-order valence-electron chi connectivity index (χ1n) is 18.7. The number of methoxy groups -OCH3 is 1. The monoisotopic (exact) mass is 761 g/mol. The van der Waals surface area contributed by atoms with Crippen molar-refractivity contribution in [2.45, 2.75) is 59.1 Å². The minimum atomic E-state index is -0.728. The lowest BCUT2D eigenvalue weighted by molar-refractivity contribution is -0.141. The number of carbonyl (C=O) groups is 3. The maximum atomic E-state index is 13.9. The molecule has 2 aromatic heterocycles. The average Bonchev–Trinajstić information content (AvgIpc) is 3.80. The first kappa shape index (κ1) is 38.0. The van der Waals surface area contributed by atoms with Crippen LogP contribution in [0.3, 0.4) is 0 Å². The van der Waals surface area contributed by atoms with Crippen LogP contribution in [0.25, 0.3) is 21.3 Å². The molecule has 11 nitrogen and oxygen atoms in total. The van der Waals surface area contributed by atoms with Gasteiger partial charge in [0.15, 0.2) is 10.8 Å². The highest BCUT2D eigenvalue weighted by Gasteiger charge is 2.28. The minimum absolute atomic E-state index is 0.211. The summed E-state index contributed by atoms with van der Waals surface area (Å²) in [6.07, 6.45) is 2.59. The third-order valence-electron chi connectivity index (χ3n) is 10.1. The van der Waals surface area contributed by atoms with Crippen LogP contribution < -0.4 is 15.0 Å². The second-order valence-corrected chi connectivity index (χ2v) is 16.2. The van der Waals surface area contributed by atoms with Crippen molar-refractivity contribution in [2.75, 3.05) is 50.1 Å². The first-order chi connectivity index (χ1) is 26.5. The van der Waals surface area contributed by atoms with Crippen LogP contribution in [0.15, 0.2) is 72.8 Å². The summed E-state index contributed by atoms with van der Waals surface area (Å²) in [4.78, 5) is 53.1. The quantitative estimate of drug-likeness (QED) is 0.134. The zero-order valence-electron chi connectivity index (χ0n) is 32.0. The Morgan fingerprint density at radius 1 is 0.945 bits per heavy atom. The lowest BCUT2D eigenvalue weighted by atomic mass is 9.94. The Morgan fingerprint density at radius 2 is 1.76 bits per heavy atom. The van der Waals surface area contributed by atoms with E-state index < -0.39 is 11.6 Å². The highest BCUT2D eigenvalue weighted by molar-refractivity contribution is 7.22. The van der Waals surface area contributed by atoms with Crippen LogP contribution in [0.2, 0.25) is 0 Å². The zero-order chi connectivity index (χ0) is 38.7. The zero-order valence-corrected chi connectivity index (χ0v) is 32.8. The van der Waals surface area contributed by atoms with E-state index in [9.17, 15) is 14.4 Å². The summed E-state index contributed by atoms with van der Waals surface area (Å²) >= 11 is 1.45. The van der Waals surface area contributed by atoms with E-state index in [0.29, 0.717) is 60.7 Å². The van der Waals surface area contributed by atoms with E-state index in [1.165, 1.54) is 18.4 Å². The molecule has 2 aliphatic rings. The van der Waals surface area contributed by atoms with E-state index in [1.807, 2.05) is 94.4 Å². The topological polar surface area (TPSA) is 123 Å². The second-order valence-electron chi connectivity index (χ2n) is 15.2. The number of para-hydroxylation sites is 1. The molecule has 1 atom stereocenters. The van der Waals surface area contributed by atoms with Crippen molar-refractivity contribution in [3.63, 3.8) is 0 Å². The molecule has 0 unspecified atom stereocenters. The summed E-state index contributed by atoms with van der Waals surface area (Å²) in [7, 11) is 1.42. The maximum Gasteiger partial charge on any atom is 0.358 e. The third kappa shape index (κ3) is 8.81. The molecule has 4 heterocycles. The molecule has 3 aromatic carbocycles. The Morgan fingerprint density at radius 3 is 2.56 bits per heavy atom. The Balaban J connectivity index is 1.11. The number of amides is 1. The summed E-state index contributed by atoms with van der Waals surface area (Å²) < 4.78 is 18.1. The van der Waals surface area contributed by atoms with E-state index in [-0.39, 0.29) is 17.6 Å². The van der Waals surface area contributed by atoms with Gasteiger partial charge in [-0.15, -0.1) is 0 Å². The molecule has 1 amide bonds. The van der Waals surface area contributed by atoms with Crippen molar-refractivity contribution in [1.29, 1.82) is 0 Å². The first-order valence-corrected chi connectivity index (χ1v) is 19.6. The lowest BCUT2D eigenvalue weighted by Gasteiger charge is -2.31. The number of anilines is 2. The van der Waals surface area contributed by atoms with E-state index in [2.05, 4.69) is 26.2 Å². The molecule has 1 N–H and O–H groups in total. The van der Waals surface area contributed by atoms with Gasteiger partial charge in [0.1, 0.15) is 17.2 Å². The summed E-state index contributed by atoms with van der Waals surface area (Å²) in [5, 5.41) is 3.57. The third-order valence-corrected chi connectivity index (χ3v) is 11.1. The molecule has 0 saturated carbocycles. The maximum absolute atomic E-state index is 13.9. The Kier molecular flexibility index (Phi) is 11.2. The highest BCUT2D eigenvalue weighted by atomic mass is 32.1. The van der Waals surface area contributed by atoms with Gasteiger partial charge >= 0.3 is 11.9 Å². The number of hydrogen-bond acceptors (Lipinski definition) is 11. The van der Waals surface area contributed by atoms with Crippen molar-refractivity contribution in [3.8, 4) is 16.9 Å².